The largest absolute Gasteiger partial charge is 0.463 e. The molecule has 1 amide bonds. The third kappa shape index (κ3) is 4.40. The Balaban J connectivity index is 2.05. The quantitative estimate of drug-likeness (QED) is 0.713. The number of amides is 1. The van der Waals surface area contributed by atoms with Gasteiger partial charge in [0.2, 0.25) is 5.91 Å². The lowest BCUT2D eigenvalue weighted by Gasteiger charge is -2.37. The fourth-order valence-corrected chi connectivity index (χ4v) is 4.53. The maximum Gasteiger partial charge on any atom is 0.338 e. The number of carbonyl (C=O) groups excluding carboxylic acids is 2. The number of nitrogens with one attached hydrogen (secondary N) is 1. The lowest BCUT2D eigenvalue weighted by Crippen LogP contribution is -2.39. The minimum Gasteiger partial charge on any atom is -0.463 e. The maximum absolute atomic E-state index is 12.9. The van der Waals surface area contributed by atoms with Crippen LogP contribution in [-0.4, -0.2) is 34.6 Å². The molecule has 1 atom stereocenters. The maximum atomic E-state index is 12.9. The van der Waals surface area contributed by atoms with Gasteiger partial charge in [-0.3, -0.25) is 4.79 Å². The number of esters is 1. The fourth-order valence-electron chi connectivity index (χ4n) is 3.56. The molecular formula is C22H27N3O3S. The fraction of sp³-hybridized carbons (Fsp3) is 0.409. The molecule has 2 heterocycles. The number of hydrogen-bond donors (Lipinski definition) is 1. The molecule has 2 aliphatic heterocycles. The lowest BCUT2D eigenvalue weighted by atomic mass is 9.91. The number of benzene rings is 1. The number of hydrogen-bond acceptors (Lipinski definition) is 6. The van der Waals surface area contributed by atoms with E-state index in [4.69, 9.17) is 4.74 Å². The van der Waals surface area contributed by atoms with Crippen molar-refractivity contribution >= 4 is 28.8 Å². The average molecular weight is 414 g/mol. The number of ether oxygens (including phenoxy) is 1. The van der Waals surface area contributed by atoms with Crippen molar-refractivity contribution in [2.75, 3.05) is 6.61 Å². The van der Waals surface area contributed by atoms with Gasteiger partial charge in [0, 0.05) is 11.7 Å². The van der Waals surface area contributed by atoms with Crippen molar-refractivity contribution in [2.45, 2.75) is 53.1 Å². The number of carbonyl (C=O) groups is 2. The first-order valence-electron chi connectivity index (χ1n) is 9.79. The summed E-state index contributed by atoms with van der Waals surface area (Å²) in [5.74, 6) is -0.426. The lowest BCUT2D eigenvalue weighted by molar-refractivity contribution is -0.139. The zero-order chi connectivity index (χ0) is 21.1. The zero-order valence-electron chi connectivity index (χ0n) is 17.5. The SMILES string of the molecule is CCOC(=O)C1=C(C)N=C2SC=C(CC(=O)NC(C)C)N2[C@H]1c1ccccc1C. The summed E-state index contributed by atoms with van der Waals surface area (Å²) < 4.78 is 5.36. The molecule has 154 valence electrons. The van der Waals surface area contributed by atoms with Gasteiger partial charge in [-0.05, 0) is 51.2 Å². The minimum absolute atomic E-state index is 0.0550. The van der Waals surface area contributed by atoms with Crippen molar-refractivity contribution in [2.24, 2.45) is 4.99 Å². The molecule has 0 saturated heterocycles. The number of rotatable bonds is 6. The number of thioether (sulfide) groups is 1. The Bertz CT molecular complexity index is 918. The third-order valence-corrected chi connectivity index (χ3v) is 5.66. The molecule has 0 radical (unpaired) electrons. The first-order valence-corrected chi connectivity index (χ1v) is 10.7. The molecule has 1 aromatic carbocycles. The van der Waals surface area contributed by atoms with Crippen molar-refractivity contribution in [3.05, 3.63) is 57.8 Å². The van der Waals surface area contributed by atoms with E-state index in [9.17, 15) is 9.59 Å². The summed E-state index contributed by atoms with van der Waals surface area (Å²) in [4.78, 5) is 32.0. The highest BCUT2D eigenvalue weighted by Gasteiger charge is 2.41. The van der Waals surface area contributed by atoms with Crippen molar-refractivity contribution in [1.82, 2.24) is 10.2 Å². The van der Waals surface area contributed by atoms with Crippen LogP contribution in [0, 0.1) is 6.92 Å². The summed E-state index contributed by atoms with van der Waals surface area (Å²) in [5.41, 5.74) is 4.06. The highest BCUT2D eigenvalue weighted by Crippen LogP contribution is 2.45. The van der Waals surface area contributed by atoms with Crippen LogP contribution in [0.3, 0.4) is 0 Å². The Morgan fingerprint density at radius 1 is 1.28 bits per heavy atom. The van der Waals surface area contributed by atoms with Crippen molar-refractivity contribution < 1.29 is 14.3 Å². The average Bonchev–Trinajstić information content (AvgIpc) is 3.02. The number of aryl methyl sites for hydroxylation is 1. The molecule has 1 aromatic rings. The molecule has 3 rings (SSSR count). The Labute approximate surface area is 176 Å². The van der Waals surface area contributed by atoms with Crippen molar-refractivity contribution in [3.63, 3.8) is 0 Å². The molecule has 29 heavy (non-hydrogen) atoms. The normalized spacial score (nSPS) is 18.4. The summed E-state index contributed by atoms with van der Waals surface area (Å²) in [6.45, 7) is 9.82. The molecule has 0 saturated carbocycles. The van der Waals surface area contributed by atoms with E-state index in [1.165, 1.54) is 11.8 Å². The molecule has 0 aromatic heterocycles. The van der Waals surface area contributed by atoms with Gasteiger partial charge in [-0.2, -0.15) is 0 Å². The highest BCUT2D eigenvalue weighted by molar-refractivity contribution is 8.16. The monoisotopic (exact) mass is 413 g/mol. The van der Waals surface area contributed by atoms with Gasteiger partial charge in [0.05, 0.1) is 30.3 Å². The summed E-state index contributed by atoms with van der Waals surface area (Å²) >= 11 is 1.48. The Kier molecular flexibility index (Phi) is 6.47. The molecule has 1 N–H and O–H groups in total. The minimum atomic E-state index is -0.379. The van der Waals surface area contributed by atoms with Crippen LogP contribution < -0.4 is 5.32 Å². The van der Waals surface area contributed by atoms with E-state index >= 15 is 0 Å². The predicted molar refractivity (Wildman–Crippen MR) is 116 cm³/mol. The Hall–Kier alpha value is -2.54. The standard InChI is InChI=1S/C22H27N3O3S/c1-6-28-21(27)19-15(5)24-22-25(20(19)17-10-8-7-9-14(17)4)16(12-29-22)11-18(26)23-13(2)3/h7-10,12-13,20H,6,11H2,1-5H3,(H,23,26)/t20-/m0/s1. The first-order chi connectivity index (χ1) is 13.8. The Morgan fingerprint density at radius 2 is 2.00 bits per heavy atom. The number of nitrogens with zero attached hydrogens (tertiary/aromatic N) is 2. The van der Waals surface area contributed by atoms with Crippen molar-refractivity contribution in [3.8, 4) is 0 Å². The van der Waals surface area contributed by atoms with Crippen LogP contribution in [0.4, 0.5) is 0 Å². The van der Waals surface area contributed by atoms with Crippen LogP contribution in [0.1, 0.15) is 51.3 Å². The van der Waals surface area contributed by atoms with Crippen LogP contribution in [0.2, 0.25) is 0 Å². The van der Waals surface area contributed by atoms with Gasteiger partial charge in [0.1, 0.15) is 0 Å². The second-order valence-electron chi connectivity index (χ2n) is 7.37. The summed E-state index contributed by atoms with van der Waals surface area (Å²) in [6.07, 6.45) is 0.224. The number of amidine groups is 1. The van der Waals surface area contributed by atoms with Crippen LogP contribution in [0.25, 0.3) is 0 Å². The van der Waals surface area contributed by atoms with E-state index in [0.717, 1.165) is 22.0 Å². The number of aliphatic imine (C=N–C) groups is 1. The highest BCUT2D eigenvalue weighted by atomic mass is 32.2. The summed E-state index contributed by atoms with van der Waals surface area (Å²) in [7, 11) is 0. The van der Waals surface area contributed by atoms with Gasteiger partial charge >= 0.3 is 5.97 Å². The Morgan fingerprint density at radius 3 is 2.66 bits per heavy atom. The van der Waals surface area contributed by atoms with Gasteiger partial charge in [0.25, 0.3) is 0 Å². The molecule has 6 nitrogen and oxygen atoms in total. The third-order valence-electron chi connectivity index (χ3n) is 4.77. The molecule has 7 heteroatoms. The number of allylic oxidation sites excluding steroid dienone is 1. The van der Waals surface area contributed by atoms with E-state index in [2.05, 4.69) is 10.3 Å². The summed E-state index contributed by atoms with van der Waals surface area (Å²) in [6, 6.07) is 7.67. The van der Waals surface area contributed by atoms with Crippen LogP contribution in [0.15, 0.2) is 51.6 Å². The topological polar surface area (TPSA) is 71.0 Å². The second kappa shape index (κ2) is 8.86. The van der Waals surface area contributed by atoms with Gasteiger partial charge in [-0.1, -0.05) is 36.0 Å². The molecule has 0 bridgehead atoms. The van der Waals surface area contributed by atoms with Gasteiger partial charge < -0.3 is 15.0 Å². The molecule has 0 unspecified atom stereocenters. The van der Waals surface area contributed by atoms with E-state index in [0.29, 0.717) is 17.9 Å². The van der Waals surface area contributed by atoms with E-state index in [-0.39, 0.29) is 30.4 Å². The van der Waals surface area contributed by atoms with E-state index in [1.54, 1.807) is 6.92 Å². The molecular weight excluding hydrogens is 386 g/mol. The van der Waals surface area contributed by atoms with Gasteiger partial charge in [-0.15, -0.1) is 0 Å². The van der Waals surface area contributed by atoms with Gasteiger partial charge in [0.15, 0.2) is 5.17 Å². The van der Waals surface area contributed by atoms with E-state index < -0.39 is 0 Å². The molecule has 0 spiro atoms. The number of fused-ring (bicyclic) bond motifs is 1. The van der Waals surface area contributed by atoms with Crippen LogP contribution in [0.5, 0.6) is 0 Å². The van der Waals surface area contributed by atoms with Gasteiger partial charge in [-0.25, -0.2) is 9.79 Å². The predicted octanol–water partition coefficient (Wildman–Crippen LogP) is 4.05. The zero-order valence-corrected chi connectivity index (χ0v) is 18.3. The summed E-state index contributed by atoms with van der Waals surface area (Å²) in [5, 5.41) is 5.66. The van der Waals surface area contributed by atoms with Crippen LogP contribution >= 0.6 is 11.8 Å². The molecule has 2 aliphatic rings. The van der Waals surface area contributed by atoms with Crippen molar-refractivity contribution in [1.29, 1.82) is 0 Å². The first kappa shape index (κ1) is 21.2. The second-order valence-corrected chi connectivity index (χ2v) is 8.21. The van der Waals surface area contributed by atoms with E-state index in [1.807, 2.05) is 62.3 Å². The molecule has 0 aliphatic carbocycles. The smallest absolute Gasteiger partial charge is 0.338 e. The molecule has 0 fully saturated rings. The van der Waals surface area contributed by atoms with Crippen LogP contribution in [-0.2, 0) is 14.3 Å².